The summed E-state index contributed by atoms with van der Waals surface area (Å²) in [4.78, 5) is 1.34. The lowest BCUT2D eigenvalue weighted by Crippen LogP contribution is -1.89. The monoisotopic (exact) mass is 386 g/mol. The third-order valence-corrected chi connectivity index (χ3v) is 6.55. The molecule has 0 radical (unpaired) electrons. The SMILES string of the molecule is CCOc1ccc2c(O)c(-c3sc4cc(OCC)ccc4c3O)sc2c1. The molecule has 0 atom stereocenters. The molecule has 2 N–H and O–H groups in total. The van der Waals surface area contributed by atoms with Gasteiger partial charge in [-0.25, -0.2) is 0 Å². The molecule has 4 nitrogen and oxygen atoms in total. The lowest BCUT2D eigenvalue weighted by molar-refractivity contribution is 0.340. The third kappa shape index (κ3) is 2.75. The second kappa shape index (κ2) is 6.70. The highest BCUT2D eigenvalue weighted by atomic mass is 32.1. The average molecular weight is 386 g/mol. The first-order chi connectivity index (χ1) is 12.6. The number of fused-ring (bicyclic) bond motifs is 2. The van der Waals surface area contributed by atoms with Gasteiger partial charge in [-0.05, 0) is 50.2 Å². The fraction of sp³-hybridized carbons (Fsp3) is 0.200. The van der Waals surface area contributed by atoms with Crippen LogP contribution in [0.2, 0.25) is 0 Å². The van der Waals surface area contributed by atoms with Crippen molar-refractivity contribution < 1.29 is 19.7 Å². The van der Waals surface area contributed by atoms with E-state index in [1.54, 1.807) is 0 Å². The van der Waals surface area contributed by atoms with Gasteiger partial charge in [0.15, 0.2) is 0 Å². The molecule has 0 aliphatic carbocycles. The summed E-state index contributed by atoms with van der Waals surface area (Å²) in [6.45, 7) is 5.06. The van der Waals surface area contributed by atoms with Crippen LogP contribution in [0.5, 0.6) is 23.0 Å². The lowest BCUT2D eigenvalue weighted by Gasteiger charge is -2.01. The number of thiophene rings is 2. The van der Waals surface area contributed by atoms with Crippen LogP contribution in [0.25, 0.3) is 29.9 Å². The van der Waals surface area contributed by atoms with E-state index < -0.39 is 0 Å². The second-order valence-electron chi connectivity index (χ2n) is 5.74. The Hall–Kier alpha value is -2.44. The summed E-state index contributed by atoms with van der Waals surface area (Å²) in [6, 6.07) is 11.2. The van der Waals surface area contributed by atoms with Crippen LogP contribution < -0.4 is 9.47 Å². The first-order valence-corrected chi connectivity index (χ1v) is 10.0. The minimum Gasteiger partial charge on any atom is -0.506 e. The highest BCUT2D eigenvalue weighted by Gasteiger charge is 2.21. The second-order valence-corrected chi connectivity index (χ2v) is 7.85. The molecule has 2 aromatic heterocycles. The van der Waals surface area contributed by atoms with Gasteiger partial charge in [-0.1, -0.05) is 0 Å². The van der Waals surface area contributed by atoms with E-state index in [1.807, 2.05) is 50.2 Å². The van der Waals surface area contributed by atoms with Crippen molar-refractivity contribution in [1.29, 1.82) is 0 Å². The minimum absolute atomic E-state index is 0.194. The Morgan fingerprint density at radius 1 is 0.731 bits per heavy atom. The Morgan fingerprint density at radius 3 is 1.54 bits per heavy atom. The summed E-state index contributed by atoms with van der Waals surface area (Å²) in [6.07, 6.45) is 0. The van der Waals surface area contributed by atoms with E-state index in [-0.39, 0.29) is 11.5 Å². The van der Waals surface area contributed by atoms with Crippen molar-refractivity contribution in [3.63, 3.8) is 0 Å². The topological polar surface area (TPSA) is 58.9 Å². The Morgan fingerprint density at radius 2 is 1.15 bits per heavy atom. The van der Waals surface area contributed by atoms with Gasteiger partial charge in [0.05, 0.1) is 23.0 Å². The van der Waals surface area contributed by atoms with Gasteiger partial charge in [0.25, 0.3) is 0 Å². The summed E-state index contributed by atoms with van der Waals surface area (Å²) in [5.41, 5.74) is 0. The number of hydrogen-bond donors (Lipinski definition) is 2. The molecule has 0 saturated carbocycles. The molecule has 0 amide bonds. The van der Waals surface area contributed by atoms with Gasteiger partial charge in [-0.3, -0.25) is 0 Å². The van der Waals surface area contributed by atoms with Crippen LogP contribution in [0.1, 0.15) is 13.8 Å². The first-order valence-electron chi connectivity index (χ1n) is 8.39. The lowest BCUT2D eigenvalue weighted by atomic mass is 10.2. The standard InChI is InChI=1S/C20H18O4S2/c1-3-23-11-5-7-13-15(9-11)25-19(17(13)21)20-18(22)14-8-6-12(24-4-2)10-16(14)26-20/h5-10,21-22H,3-4H2,1-2H3. The molecular weight excluding hydrogens is 368 g/mol. The van der Waals surface area contributed by atoms with Crippen LogP contribution >= 0.6 is 22.7 Å². The predicted octanol–water partition coefficient (Wildman–Crippen LogP) is 5.99. The van der Waals surface area contributed by atoms with E-state index in [0.29, 0.717) is 23.0 Å². The fourth-order valence-corrected chi connectivity index (χ4v) is 5.33. The van der Waals surface area contributed by atoms with Crippen LogP contribution in [0.15, 0.2) is 36.4 Å². The van der Waals surface area contributed by atoms with Crippen LogP contribution in [-0.2, 0) is 0 Å². The molecule has 0 aliphatic heterocycles. The van der Waals surface area contributed by atoms with Gasteiger partial charge in [0, 0.05) is 20.2 Å². The summed E-state index contributed by atoms with van der Waals surface area (Å²) >= 11 is 2.90. The number of aromatic hydroxyl groups is 2. The molecule has 0 aliphatic rings. The molecule has 0 saturated heterocycles. The molecular formula is C20H18O4S2. The van der Waals surface area contributed by atoms with Crippen molar-refractivity contribution in [3.8, 4) is 32.8 Å². The molecule has 26 heavy (non-hydrogen) atoms. The fourth-order valence-electron chi connectivity index (χ4n) is 2.95. The maximum Gasteiger partial charge on any atom is 0.143 e. The number of ether oxygens (including phenoxy) is 2. The summed E-state index contributed by atoms with van der Waals surface area (Å²) < 4.78 is 12.9. The van der Waals surface area contributed by atoms with E-state index in [1.165, 1.54) is 22.7 Å². The maximum atomic E-state index is 10.7. The zero-order chi connectivity index (χ0) is 18.3. The summed E-state index contributed by atoms with van der Waals surface area (Å²) in [7, 11) is 0. The number of benzene rings is 2. The predicted molar refractivity (Wildman–Crippen MR) is 108 cm³/mol. The van der Waals surface area contributed by atoms with Crippen molar-refractivity contribution in [1.82, 2.24) is 0 Å². The number of rotatable bonds is 5. The highest BCUT2D eigenvalue weighted by Crippen LogP contribution is 2.52. The molecule has 0 bridgehead atoms. The average Bonchev–Trinajstić information content (AvgIpc) is 3.12. The van der Waals surface area contributed by atoms with Crippen molar-refractivity contribution in [2.45, 2.75) is 13.8 Å². The van der Waals surface area contributed by atoms with E-state index in [4.69, 9.17) is 9.47 Å². The first kappa shape index (κ1) is 17.0. The Bertz CT molecular complexity index is 1010. The molecule has 2 aromatic carbocycles. The third-order valence-electron chi connectivity index (χ3n) is 4.10. The van der Waals surface area contributed by atoms with Crippen LogP contribution in [0.3, 0.4) is 0 Å². The Labute approximate surface area is 158 Å². The number of hydrogen-bond acceptors (Lipinski definition) is 6. The van der Waals surface area contributed by atoms with Crippen molar-refractivity contribution >= 4 is 42.8 Å². The van der Waals surface area contributed by atoms with Crippen molar-refractivity contribution in [3.05, 3.63) is 36.4 Å². The molecule has 134 valence electrons. The van der Waals surface area contributed by atoms with Crippen LogP contribution in [0, 0.1) is 0 Å². The Kier molecular flexibility index (Phi) is 4.38. The summed E-state index contributed by atoms with van der Waals surface area (Å²) in [5.74, 6) is 1.93. The van der Waals surface area contributed by atoms with Crippen molar-refractivity contribution in [2.75, 3.05) is 13.2 Å². The van der Waals surface area contributed by atoms with Gasteiger partial charge in [0.1, 0.15) is 23.0 Å². The van der Waals surface area contributed by atoms with Gasteiger partial charge in [-0.15, -0.1) is 22.7 Å². The van der Waals surface area contributed by atoms with Gasteiger partial charge >= 0.3 is 0 Å². The van der Waals surface area contributed by atoms with Gasteiger partial charge in [-0.2, -0.15) is 0 Å². The zero-order valence-corrected chi connectivity index (χ0v) is 16.0. The summed E-state index contributed by atoms with van der Waals surface area (Å²) in [5, 5.41) is 22.9. The largest absolute Gasteiger partial charge is 0.506 e. The molecule has 4 rings (SSSR count). The van der Waals surface area contributed by atoms with Gasteiger partial charge in [0.2, 0.25) is 0 Å². The Balaban J connectivity index is 1.86. The van der Waals surface area contributed by atoms with Gasteiger partial charge < -0.3 is 19.7 Å². The maximum absolute atomic E-state index is 10.7. The molecule has 4 aromatic rings. The van der Waals surface area contributed by atoms with Crippen LogP contribution in [0.4, 0.5) is 0 Å². The highest BCUT2D eigenvalue weighted by molar-refractivity contribution is 7.29. The molecule has 0 spiro atoms. The van der Waals surface area contributed by atoms with E-state index in [0.717, 1.165) is 31.7 Å². The minimum atomic E-state index is 0.194. The zero-order valence-electron chi connectivity index (χ0n) is 14.4. The quantitative estimate of drug-likeness (QED) is 0.442. The van der Waals surface area contributed by atoms with E-state index >= 15 is 0 Å². The molecule has 2 heterocycles. The molecule has 6 heteroatoms. The van der Waals surface area contributed by atoms with E-state index in [2.05, 4.69) is 0 Å². The van der Waals surface area contributed by atoms with E-state index in [9.17, 15) is 10.2 Å². The normalized spacial score (nSPS) is 11.3. The smallest absolute Gasteiger partial charge is 0.143 e. The molecule has 0 unspecified atom stereocenters. The van der Waals surface area contributed by atoms with Crippen molar-refractivity contribution in [2.24, 2.45) is 0 Å². The van der Waals surface area contributed by atoms with Crippen LogP contribution in [-0.4, -0.2) is 23.4 Å². The molecule has 0 fully saturated rings.